The second-order valence-electron chi connectivity index (χ2n) is 8.30. The minimum atomic E-state index is -0.790. The number of methoxy groups -OCH3 is 2. The van der Waals surface area contributed by atoms with E-state index in [1.165, 1.54) is 14.2 Å². The Kier molecular flexibility index (Phi) is 6.18. The molecule has 148 valence electrons. The zero-order valence-electron chi connectivity index (χ0n) is 16.5. The van der Waals surface area contributed by atoms with E-state index in [1.807, 2.05) is 20.8 Å². The van der Waals surface area contributed by atoms with Gasteiger partial charge in [-0.05, 0) is 57.8 Å². The molecule has 1 aliphatic carbocycles. The van der Waals surface area contributed by atoms with Gasteiger partial charge in [0, 0.05) is 6.42 Å². The van der Waals surface area contributed by atoms with E-state index in [0.717, 1.165) is 12.8 Å². The summed E-state index contributed by atoms with van der Waals surface area (Å²) in [5.74, 6) is -0.810. The molecule has 2 fully saturated rings. The molecule has 0 amide bonds. The molecule has 6 atom stereocenters. The van der Waals surface area contributed by atoms with Crippen molar-refractivity contribution >= 4 is 11.9 Å². The lowest BCUT2D eigenvalue weighted by atomic mass is 9.58. The van der Waals surface area contributed by atoms with Crippen LogP contribution in [0.4, 0.5) is 0 Å². The quantitative estimate of drug-likeness (QED) is 0.593. The van der Waals surface area contributed by atoms with Crippen LogP contribution in [-0.2, 0) is 23.8 Å². The highest BCUT2D eigenvalue weighted by Crippen LogP contribution is 2.52. The van der Waals surface area contributed by atoms with Gasteiger partial charge in [-0.25, -0.2) is 0 Å². The maximum Gasteiger partial charge on any atom is 0.311 e. The highest BCUT2D eigenvalue weighted by Gasteiger charge is 2.54. The Morgan fingerprint density at radius 1 is 1.31 bits per heavy atom. The fraction of sp³-hybridized carbons (Fsp3) is 0.800. The van der Waals surface area contributed by atoms with Crippen LogP contribution in [0.15, 0.2) is 12.7 Å². The van der Waals surface area contributed by atoms with Crippen molar-refractivity contribution in [1.29, 1.82) is 0 Å². The van der Waals surface area contributed by atoms with Crippen LogP contribution in [0.3, 0.4) is 0 Å². The maximum absolute atomic E-state index is 12.4. The van der Waals surface area contributed by atoms with Gasteiger partial charge >= 0.3 is 11.9 Å². The Bertz CT molecular complexity index is 557. The normalized spacial score (nSPS) is 37.4. The molecule has 1 N–H and O–H groups in total. The number of rotatable bonds is 5. The molecule has 6 heteroatoms. The van der Waals surface area contributed by atoms with Crippen molar-refractivity contribution < 1.29 is 28.9 Å². The predicted molar refractivity (Wildman–Crippen MR) is 96.2 cm³/mol. The largest absolute Gasteiger partial charge is 0.469 e. The topological polar surface area (TPSA) is 82.1 Å². The minimum absolute atomic E-state index is 0.0280. The van der Waals surface area contributed by atoms with Crippen molar-refractivity contribution in [1.82, 2.24) is 0 Å². The zero-order chi connectivity index (χ0) is 19.7. The van der Waals surface area contributed by atoms with E-state index in [9.17, 15) is 14.7 Å². The van der Waals surface area contributed by atoms with Gasteiger partial charge in [-0.1, -0.05) is 6.08 Å². The first-order valence-corrected chi connectivity index (χ1v) is 9.25. The lowest BCUT2D eigenvalue weighted by Gasteiger charge is -2.53. The number of hydrogen-bond acceptors (Lipinski definition) is 6. The fourth-order valence-electron chi connectivity index (χ4n) is 4.78. The second-order valence-corrected chi connectivity index (χ2v) is 8.30. The second kappa shape index (κ2) is 7.69. The van der Waals surface area contributed by atoms with Crippen molar-refractivity contribution in [3.63, 3.8) is 0 Å². The molecular formula is C20H32O6. The Morgan fingerprint density at radius 3 is 2.50 bits per heavy atom. The van der Waals surface area contributed by atoms with Gasteiger partial charge in [0.05, 0.1) is 31.8 Å². The average Bonchev–Trinajstić information content (AvgIpc) is 2.62. The number of carbonyl (C=O) groups is 2. The summed E-state index contributed by atoms with van der Waals surface area (Å²) in [5, 5.41) is 10.6. The molecule has 2 aliphatic rings. The summed E-state index contributed by atoms with van der Waals surface area (Å²) in [7, 11) is 2.75. The summed E-state index contributed by atoms with van der Waals surface area (Å²) >= 11 is 0. The average molecular weight is 368 g/mol. The van der Waals surface area contributed by atoms with Crippen LogP contribution in [0, 0.1) is 23.2 Å². The molecule has 6 nitrogen and oxygen atoms in total. The molecule has 2 rings (SSSR count). The van der Waals surface area contributed by atoms with Crippen molar-refractivity contribution in [3.05, 3.63) is 12.7 Å². The molecule has 1 saturated carbocycles. The van der Waals surface area contributed by atoms with Gasteiger partial charge in [-0.2, -0.15) is 0 Å². The Hall–Kier alpha value is -1.40. The fourth-order valence-corrected chi connectivity index (χ4v) is 4.78. The minimum Gasteiger partial charge on any atom is -0.469 e. The van der Waals surface area contributed by atoms with Crippen molar-refractivity contribution in [2.75, 3.05) is 14.2 Å². The number of carbonyl (C=O) groups excluding carboxylic acids is 2. The molecule has 0 radical (unpaired) electrons. The lowest BCUT2D eigenvalue weighted by molar-refractivity contribution is -0.213. The predicted octanol–water partition coefficient (Wildman–Crippen LogP) is 2.49. The Morgan fingerprint density at radius 2 is 1.96 bits per heavy atom. The lowest BCUT2D eigenvalue weighted by Crippen LogP contribution is -2.57. The van der Waals surface area contributed by atoms with Crippen LogP contribution in [0.1, 0.15) is 46.5 Å². The molecule has 1 heterocycles. The highest BCUT2D eigenvalue weighted by atomic mass is 16.5. The molecule has 1 aliphatic heterocycles. The van der Waals surface area contributed by atoms with E-state index in [-0.39, 0.29) is 42.2 Å². The molecule has 0 aromatic rings. The number of fused-ring (bicyclic) bond motifs is 1. The number of ether oxygens (including phenoxy) is 3. The van der Waals surface area contributed by atoms with Gasteiger partial charge in [0.1, 0.15) is 5.60 Å². The van der Waals surface area contributed by atoms with E-state index < -0.39 is 17.1 Å². The summed E-state index contributed by atoms with van der Waals surface area (Å²) in [6.07, 6.45) is 3.07. The van der Waals surface area contributed by atoms with Crippen LogP contribution in [0.5, 0.6) is 0 Å². The highest BCUT2D eigenvalue weighted by molar-refractivity contribution is 5.76. The first kappa shape index (κ1) is 20.9. The molecular weight excluding hydrogens is 336 g/mol. The molecule has 1 unspecified atom stereocenters. The molecule has 0 aromatic heterocycles. The summed E-state index contributed by atoms with van der Waals surface area (Å²) in [6, 6.07) is 0. The number of hydrogen-bond donors (Lipinski definition) is 1. The first-order chi connectivity index (χ1) is 12.1. The van der Waals surface area contributed by atoms with E-state index in [2.05, 4.69) is 6.58 Å². The van der Waals surface area contributed by atoms with E-state index in [4.69, 9.17) is 14.2 Å². The van der Waals surface area contributed by atoms with E-state index >= 15 is 0 Å². The van der Waals surface area contributed by atoms with Crippen LogP contribution in [0.25, 0.3) is 0 Å². The molecule has 1 saturated heterocycles. The summed E-state index contributed by atoms with van der Waals surface area (Å²) in [5.41, 5.74) is -1.52. The first-order valence-electron chi connectivity index (χ1n) is 9.25. The number of esters is 2. The van der Waals surface area contributed by atoms with Crippen molar-refractivity contribution in [2.45, 2.75) is 64.3 Å². The van der Waals surface area contributed by atoms with Crippen molar-refractivity contribution in [3.8, 4) is 0 Å². The maximum atomic E-state index is 12.4. The molecule has 0 bridgehead atoms. The van der Waals surface area contributed by atoms with Crippen LogP contribution in [-0.4, -0.2) is 49.1 Å². The van der Waals surface area contributed by atoms with Crippen LogP contribution in [0.2, 0.25) is 0 Å². The van der Waals surface area contributed by atoms with Gasteiger partial charge in [-0.15, -0.1) is 6.58 Å². The zero-order valence-corrected chi connectivity index (χ0v) is 16.5. The standard InChI is InChI=1S/C20H32O6/c1-7-20(4)16(21)10-13-12(11-17(22)24-5)14(8-9-15(13)26-20)19(2,3)18(23)25-6/h7,12-16,21H,1,8-11H2,2-6H3/t12-,13-,14-,15?,16+,20-/m0/s1. The van der Waals surface area contributed by atoms with Crippen molar-refractivity contribution in [2.24, 2.45) is 23.2 Å². The smallest absolute Gasteiger partial charge is 0.311 e. The summed E-state index contributed by atoms with van der Waals surface area (Å²) in [6.45, 7) is 9.35. The van der Waals surface area contributed by atoms with E-state index in [0.29, 0.717) is 6.42 Å². The number of aliphatic hydroxyl groups excluding tert-OH is 1. The molecule has 0 aromatic carbocycles. The monoisotopic (exact) mass is 368 g/mol. The van der Waals surface area contributed by atoms with Gasteiger partial charge in [0.25, 0.3) is 0 Å². The summed E-state index contributed by atoms with van der Waals surface area (Å²) < 4.78 is 16.1. The third kappa shape index (κ3) is 3.67. The number of aliphatic hydroxyl groups is 1. The van der Waals surface area contributed by atoms with Crippen LogP contribution < -0.4 is 0 Å². The Labute approximate surface area is 155 Å². The third-order valence-corrected chi connectivity index (χ3v) is 6.54. The SMILES string of the molecule is C=C[C@]1(C)OC2CC[C@H](C(C)(C)C(=O)OC)[C@@H](CC(=O)OC)[C@@H]2C[C@H]1O. The molecule has 0 spiro atoms. The van der Waals surface area contributed by atoms with Gasteiger partial charge < -0.3 is 19.3 Å². The van der Waals surface area contributed by atoms with E-state index in [1.54, 1.807) is 6.08 Å². The molecule has 26 heavy (non-hydrogen) atoms. The van der Waals surface area contributed by atoms with Gasteiger partial charge in [0.15, 0.2) is 0 Å². The summed E-state index contributed by atoms with van der Waals surface area (Å²) in [4.78, 5) is 24.4. The van der Waals surface area contributed by atoms with Gasteiger partial charge in [0.2, 0.25) is 0 Å². The van der Waals surface area contributed by atoms with Crippen LogP contribution >= 0.6 is 0 Å². The van der Waals surface area contributed by atoms with Gasteiger partial charge in [-0.3, -0.25) is 9.59 Å². The Balaban J connectivity index is 2.35. The third-order valence-electron chi connectivity index (χ3n) is 6.54.